The molecule has 0 unspecified atom stereocenters. The number of fused-ring (bicyclic) bond motifs is 5. The second-order valence-corrected chi connectivity index (χ2v) is 7.97. The molecule has 10 nitrogen and oxygen atoms in total. The predicted molar refractivity (Wildman–Crippen MR) is 127 cm³/mol. The SMILES string of the molecule is CC[C@@]1(O)C(=O)OCc2c1cc1n(c2=O)Cc2c-1nc1ccccc1c2/C=N\NC(=O)CN.Cl. The lowest BCUT2D eigenvalue weighted by Crippen LogP contribution is -2.44. The summed E-state index contributed by atoms with van der Waals surface area (Å²) in [5.41, 5.74) is 9.13. The van der Waals surface area contributed by atoms with E-state index in [-0.39, 0.29) is 55.2 Å². The Morgan fingerprint density at radius 3 is 2.85 bits per heavy atom. The summed E-state index contributed by atoms with van der Waals surface area (Å²) in [5.74, 6) is -1.20. The summed E-state index contributed by atoms with van der Waals surface area (Å²) in [6, 6.07) is 9.09. The van der Waals surface area contributed by atoms with E-state index in [2.05, 4.69) is 10.5 Å². The standard InChI is InChI=1S/C23H21N5O5.ClH/c1-2-23(32)16-7-18-20-14(10-28(18)21(30)15(16)11-33-22(23)31)13(9-25-27-19(29)8-24)12-5-3-4-6-17(12)26-20;/h3-7,9,32H,2,8,10-11,24H2,1H3,(H,27,29);1H/b25-9-;/t23-;/m0./s1. The summed E-state index contributed by atoms with van der Waals surface area (Å²) in [7, 11) is 0. The molecule has 0 bridgehead atoms. The molecule has 2 aromatic heterocycles. The summed E-state index contributed by atoms with van der Waals surface area (Å²) in [5, 5.41) is 15.8. The molecule has 0 fully saturated rings. The van der Waals surface area contributed by atoms with Crippen molar-refractivity contribution >= 4 is 41.4 Å². The lowest BCUT2D eigenvalue weighted by atomic mass is 9.86. The van der Waals surface area contributed by atoms with Gasteiger partial charge in [0, 0.05) is 22.1 Å². The van der Waals surface area contributed by atoms with Gasteiger partial charge < -0.3 is 20.1 Å². The van der Waals surface area contributed by atoms with E-state index in [0.29, 0.717) is 22.5 Å². The average Bonchev–Trinajstić information content (AvgIpc) is 3.20. The number of para-hydroxylation sites is 1. The van der Waals surface area contributed by atoms with Crippen molar-refractivity contribution in [2.45, 2.75) is 32.1 Å². The lowest BCUT2D eigenvalue weighted by Gasteiger charge is -2.31. The molecule has 34 heavy (non-hydrogen) atoms. The van der Waals surface area contributed by atoms with E-state index in [1.807, 2.05) is 24.3 Å². The number of nitrogens with one attached hydrogen (secondary N) is 1. The maximum Gasteiger partial charge on any atom is 0.343 e. The molecule has 0 saturated carbocycles. The van der Waals surface area contributed by atoms with Gasteiger partial charge in [0.15, 0.2) is 5.60 Å². The van der Waals surface area contributed by atoms with Gasteiger partial charge in [0.05, 0.1) is 41.8 Å². The van der Waals surface area contributed by atoms with Crippen LogP contribution in [0.15, 0.2) is 40.2 Å². The van der Waals surface area contributed by atoms with Gasteiger partial charge in [0.25, 0.3) is 11.5 Å². The zero-order valence-electron chi connectivity index (χ0n) is 18.2. The number of hydrazone groups is 1. The fourth-order valence-corrected chi connectivity index (χ4v) is 4.42. The van der Waals surface area contributed by atoms with Crippen LogP contribution in [0.2, 0.25) is 0 Å². The number of aromatic nitrogens is 2. The monoisotopic (exact) mass is 483 g/mol. The quantitative estimate of drug-likeness (QED) is 0.222. The van der Waals surface area contributed by atoms with Crippen molar-refractivity contribution < 1.29 is 19.4 Å². The highest BCUT2D eigenvalue weighted by atomic mass is 35.5. The first-order valence-electron chi connectivity index (χ1n) is 10.5. The van der Waals surface area contributed by atoms with Crippen LogP contribution in [-0.4, -0.2) is 39.3 Å². The van der Waals surface area contributed by atoms with Crippen molar-refractivity contribution in [1.82, 2.24) is 15.0 Å². The van der Waals surface area contributed by atoms with Gasteiger partial charge >= 0.3 is 5.97 Å². The molecule has 2 aliphatic heterocycles. The zero-order chi connectivity index (χ0) is 23.3. The van der Waals surface area contributed by atoms with Gasteiger partial charge in [-0.3, -0.25) is 9.59 Å². The number of pyridine rings is 2. The van der Waals surface area contributed by atoms with E-state index in [9.17, 15) is 19.5 Å². The summed E-state index contributed by atoms with van der Waals surface area (Å²) >= 11 is 0. The van der Waals surface area contributed by atoms with Crippen LogP contribution in [-0.2, 0) is 33.1 Å². The summed E-state index contributed by atoms with van der Waals surface area (Å²) in [4.78, 5) is 42.0. The molecule has 3 aromatic rings. The Morgan fingerprint density at radius 2 is 2.12 bits per heavy atom. The minimum absolute atomic E-state index is 0. The summed E-state index contributed by atoms with van der Waals surface area (Å²) in [6.07, 6.45) is 1.58. The number of ether oxygens (including phenoxy) is 1. The zero-order valence-corrected chi connectivity index (χ0v) is 19.0. The van der Waals surface area contributed by atoms with Gasteiger partial charge in [-0.15, -0.1) is 12.4 Å². The number of aliphatic hydroxyl groups is 1. The maximum absolute atomic E-state index is 13.4. The molecule has 0 saturated heterocycles. The van der Waals surface area contributed by atoms with Crippen molar-refractivity contribution in [3.05, 3.63) is 62.9 Å². The van der Waals surface area contributed by atoms with E-state index in [1.54, 1.807) is 17.6 Å². The Hall–Kier alpha value is -3.60. The third-order valence-electron chi connectivity index (χ3n) is 6.21. The number of carbonyl (C=O) groups excluding carboxylic acids is 2. The van der Waals surface area contributed by atoms with Gasteiger partial charge in [0.2, 0.25) is 0 Å². The van der Waals surface area contributed by atoms with E-state index < -0.39 is 17.5 Å². The van der Waals surface area contributed by atoms with Crippen LogP contribution in [0.25, 0.3) is 22.3 Å². The molecule has 11 heteroatoms. The molecule has 0 spiro atoms. The topological polar surface area (TPSA) is 149 Å². The predicted octanol–water partition coefficient (Wildman–Crippen LogP) is 0.910. The van der Waals surface area contributed by atoms with Crippen LogP contribution < -0.4 is 16.7 Å². The first-order chi connectivity index (χ1) is 15.9. The molecule has 4 N–H and O–H groups in total. The third-order valence-corrected chi connectivity index (χ3v) is 6.21. The Bertz CT molecular complexity index is 1430. The molecule has 0 aliphatic carbocycles. The normalized spacial score (nSPS) is 18.1. The minimum Gasteiger partial charge on any atom is -0.458 e. The molecule has 176 valence electrons. The Kier molecular flexibility index (Phi) is 5.98. The van der Waals surface area contributed by atoms with Crippen molar-refractivity contribution in [3.8, 4) is 11.4 Å². The Balaban J connectivity index is 0.00000274. The third kappa shape index (κ3) is 3.38. The largest absolute Gasteiger partial charge is 0.458 e. The van der Waals surface area contributed by atoms with Crippen molar-refractivity contribution in [1.29, 1.82) is 0 Å². The molecule has 2 aliphatic rings. The summed E-state index contributed by atoms with van der Waals surface area (Å²) in [6.45, 7) is 1.49. The van der Waals surface area contributed by atoms with Crippen LogP contribution in [0.1, 0.15) is 35.6 Å². The van der Waals surface area contributed by atoms with E-state index >= 15 is 0 Å². The first-order valence-corrected chi connectivity index (χ1v) is 10.5. The molecular formula is C23H22ClN5O5. The molecule has 1 atom stereocenters. The van der Waals surface area contributed by atoms with E-state index in [4.69, 9.17) is 15.5 Å². The van der Waals surface area contributed by atoms with Gasteiger partial charge in [-0.25, -0.2) is 15.2 Å². The second-order valence-electron chi connectivity index (χ2n) is 7.97. The van der Waals surface area contributed by atoms with Crippen molar-refractivity contribution in [3.63, 3.8) is 0 Å². The number of nitrogens with zero attached hydrogens (tertiary/aromatic N) is 3. The first kappa shape index (κ1) is 23.6. The number of halogens is 1. The summed E-state index contributed by atoms with van der Waals surface area (Å²) < 4.78 is 6.67. The number of esters is 1. The molecule has 5 rings (SSSR count). The number of benzene rings is 1. The smallest absolute Gasteiger partial charge is 0.343 e. The number of nitrogens with two attached hydrogens (primary N) is 1. The highest BCUT2D eigenvalue weighted by Gasteiger charge is 2.45. The average molecular weight is 484 g/mol. The number of cyclic esters (lactones) is 1. The van der Waals surface area contributed by atoms with E-state index in [1.165, 1.54) is 6.21 Å². The second kappa shape index (κ2) is 8.64. The van der Waals surface area contributed by atoms with Crippen molar-refractivity contribution in [2.24, 2.45) is 10.8 Å². The fraction of sp³-hybridized carbons (Fsp3) is 0.261. The molecule has 0 radical (unpaired) electrons. The fourth-order valence-electron chi connectivity index (χ4n) is 4.42. The van der Waals surface area contributed by atoms with Crippen molar-refractivity contribution in [2.75, 3.05) is 6.54 Å². The minimum atomic E-state index is -1.89. The highest BCUT2D eigenvalue weighted by molar-refractivity contribution is 6.02. The van der Waals surface area contributed by atoms with Crippen LogP contribution in [0.5, 0.6) is 0 Å². The molecular weight excluding hydrogens is 462 g/mol. The van der Waals surface area contributed by atoms with E-state index in [0.717, 1.165) is 10.9 Å². The molecule has 4 heterocycles. The Morgan fingerprint density at radius 1 is 1.35 bits per heavy atom. The number of rotatable bonds is 4. The number of carbonyl (C=O) groups is 2. The highest BCUT2D eigenvalue weighted by Crippen LogP contribution is 2.39. The number of hydrogen-bond donors (Lipinski definition) is 3. The molecule has 1 aromatic carbocycles. The van der Waals surface area contributed by atoms with Gasteiger partial charge in [-0.1, -0.05) is 25.1 Å². The number of hydrogen-bond acceptors (Lipinski definition) is 8. The molecule has 1 amide bonds. The van der Waals surface area contributed by atoms with Gasteiger partial charge in [-0.2, -0.15) is 5.10 Å². The van der Waals surface area contributed by atoms with Crippen LogP contribution in [0.4, 0.5) is 0 Å². The van der Waals surface area contributed by atoms with Crippen LogP contribution >= 0.6 is 12.4 Å². The maximum atomic E-state index is 13.4. The van der Waals surface area contributed by atoms with Gasteiger partial charge in [0.1, 0.15) is 6.61 Å². The Labute approximate surface area is 199 Å². The van der Waals surface area contributed by atoms with Gasteiger partial charge in [-0.05, 0) is 18.6 Å². The lowest BCUT2D eigenvalue weighted by molar-refractivity contribution is -0.172. The van der Waals surface area contributed by atoms with Crippen LogP contribution in [0.3, 0.4) is 0 Å². The number of amides is 1. The van der Waals surface area contributed by atoms with Crippen LogP contribution in [0, 0.1) is 0 Å².